The van der Waals surface area contributed by atoms with Crippen LogP contribution in [-0.2, 0) is 11.8 Å². The molecule has 0 radical (unpaired) electrons. The number of hydrogen-bond acceptors (Lipinski definition) is 4. The van der Waals surface area contributed by atoms with Gasteiger partial charge >= 0.3 is 0 Å². The van der Waals surface area contributed by atoms with Crippen molar-refractivity contribution in [2.45, 2.75) is 11.8 Å². The Morgan fingerprint density at radius 2 is 1.96 bits per heavy atom. The Morgan fingerprint density at radius 1 is 1.15 bits per heavy atom. The molecular weight excluding hydrogens is 344 g/mol. The van der Waals surface area contributed by atoms with E-state index in [1.807, 2.05) is 38.2 Å². The molecule has 4 rings (SSSR count). The smallest absolute Gasteiger partial charge is 0.234 e. The van der Waals surface area contributed by atoms with Gasteiger partial charge in [-0.3, -0.25) is 9.48 Å². The van der Waals surface area contributed by atoms with E-state index in [4.69, 9.17) is 0 Å². The van der Waals surface area contributed by atoms with Crippen LogP contribution in [0.15, 0.2) is 59.6 Å². The molecule has 0 saturated carbocycles. The second-order valence-electron chi connectivity index (χ2n) is 6.15. The van der Waals surface area contributed by atoms with Crippen LogP contribution in [0.5, 0.6) is 0 Å². The minimum Gasteiger partial charge on any atom is -0.324 e. The van der Waals surface area contributed by atoms with Gasteiger partial charge in [-0.2, -0.15) is 5.10 Å². The summed E-state index contributed by atoms with van der Waals surface area (Å²) in [6, 6.07) is 16.4. The molecule has 0 spiro atoms. The van der Waals surface area contributed by atoms with E-state index in [1.165, 1.54) is 22.5 Å². The zero-order chi connectivity index (χ0) is 18.1. The molecule has 2 heterocycles. The highest BCUT2D eigenvalue weighted by Gasteiger charge is 2.09. The molecule has 0 aliphatic rings. The highest BCUT2D eigenvalue weighted by atomic mass is 32.2. The number of nitrogens with zero attached hydrogens (tertiary/aromatic N) is 3. The summed E-state index contributed by atoms with van der Waals surface area (Å²) in [5, 5.41) is 10.6. The highest BCUT2D eigenvalue weighted by Crippen LogP contribution is 2.24. The molecule has 0 aliphatic heterocycles. The van der Waals surface area contributed by atoms with Crippen LogP contribution in [0.3, 0.4) is 0 Å². The lowest BCUT2D eigenvalue weighted by Crippen LogP contribution is -2.14. The first-order valence-electron chi connectivity index (χ1n) is 8.31. The minimum absolute atomic E-state index is 0.0501. The number of amides is 1. The molecule has 0 atom stereocenters. The lowest BCUT2D eigenvalue weighted by Gasteiger charge is -2.06. The van der Waals surface area contributed by atoms with E-state index < -0.39 is 0 Å². The van der Waals surface area contributed by atoms with Gasteiger partial charge in [0, 0.05) is 17.3 Å². The Hall–Kier alpha value is -2.86. The molecule has 0 bridgehead atoms. The van der Waals surface area contributed by atoms with Crippen LogP contribution in [0.25, 0.3) is 21.8 Å². The molecule has 0 unspecified atom stereocenters. The van der Waals surface area contributed by atoms with E-state index in [0.717, 1.165) is 21.6 Å². The zero-order valence-corrected chi connectivity index (χ0v) is 15.4. The van der Waals surface area contributed by atoms with Gasteiger partial charge in [0.1, 0.15) is 0 Å². The number of carbonyl (C=O) groups excluding carboxylic acids is 1. The molecule has 4 aromatic rings. The summed E-state index contributed by atoms with van der Waals surface area (Å²) in [5.41, 5.74) is 2.40. The zero-order valence-electron chi connectivity index (χ0n) is 14.6. The number of fused-ring (bicyclic) bond motifs is 2. The van der Waals surface area contributed by atoms with Gasteiger partial charge in [0.05, 0.1) is 23.3 Å². The van der Waals surface area contributed by atoms with Crippen LogP contribution in [0, 0.1) is 6.92 Å². The van der Waals surface area contributed by atoms with E-state index in [-0.39, 0.29) is 5.91 Å². The van der Waals surface area contributed by atoms with Gasteiger partial charge in [0.2, 0.25) is 5.91 Å². The minimum atomic E-state index is -0.0501. The first-order chi connectivity index (χ1) is 12.6. The molecule has 26 heavy (non-hydrogen) atoms. The van der Waals surface area contributed by atoms with Gasteiger partial charge in [-0.15, -0.1) is 11.8 Å². The van der Waals surface area contributed by atoms with E-state index in [1.54, 1.807) is 10.9 Å². The predicted molar refractivity (Wildman–Crippen MR) is 107 cm³/mol. The average molecular weight is 362 g/mol. The number of rotatable bonds is 4. The van der Waals surface area contributed by atoms with Gasteiger partial charge in [-0.05, 0) is 35.9 Å². The Bertz CT molecular complexity index is 1120. The molecule has 2 aromatic heterocycles. The maximum atomic E-state index is 12.3. The molecule has 6 heteroatoms. The Morgan fingerprint density at radius 3 is 2.81 bits per heavy atom. The highest BCUT2D eigenvalue weighted by molar-refractivity contribution is 8.00. The fraction of sp³-hybridized carbons (Fsp3) is 0.150. The van der Waals surface area contributed by atoms with E-state index in [9.17, 15) is 4.79 Å². The number of anilines is 1. The number of carbonyl (C=O) groups is 1. The van der Waals surface area contributed by atoms with E-state index >= 15 is 0 Å². The van der Waals surface area contributed by atoms with Crippen molar-refractivity contribution in [2.75, 3.05) is 11.1 Å². The number of nitrogens with one attached hydrogen (secondary N) is 1. The van der Waals surface area contributed by atoms with Crippen LogP contribution < -0.4 is 5.32 Å². The van der Waals surface area contributed by atoms with Crippen molar-refractivity contribution in [3.8, 4) is 0 Å². The molecule has 130 valence electrons. The van der Waals surface area contributed by atoms with Crippen LogP contribution in [0.2, 0.25) is 0 Å². The van der Waals surface area contributed by atoms with Crippen molar-refractivity contribution in [3.05, 3.63) is 60.4 Å². The summed E-state index contributed by atoms with van der Waals surface area (Å²) in [5.74, 6) is 0.299. The largest absolute Gasteiger partial charge is 0.324 e. The van der Waals surface area contributed by atoms with Gasteiger partial charge < -0.3 is 5.32 Å². The van der Waals surface area contributed by atoms with Crippen LogP contribution in [-0.4, -0.2) is 26.4 Å². The third-order valence-corrected chi connectivity index (χ3v) is 5.23. The summed E-state index contributed by atoms with van der Waals surface area (Å²) < 4.78 is 1.74. The first kappa shape index (κ1) is 16.6. The Labute approximate surface area is 155 Å². The molecule has 2 aromatic carbocycles. The van der Waals surface area contributed by atoms with Crippen molar-refractivity contribution in [2.24, 2.45) is 7.05 Å². The number of pyridine rings is 1. The molecule has 0 aliphatic carbocycles. The molecule has 1 amide bonds. The number of aryl methyl sites for hydroxylation is 2. The first-order valence-corrected chi connectivity index (χ1v) is 9.29. The van der Waals surface area contributed by atoms with Crippen molar-refractivity contribution in [1.82, 2.24) is 14.8 Å². The second kappa shape index (κ2) is 6.80. The monoisotopic (exact) mass is 362 g/mol. The summed E-state index contributed by atoms with van der Waals surface area (Å²) in [4.78, 5) is 17.8. The van der Waals surface area contributed by atoms with Crippen molar-refractivity contribution < 1.29 is 4.79 Å². The Balaban J connectivity index is 1.44. The summed E-state index contributed by atoms with van der Waals surface area (Å²) >= 11 is 1.52. The van der Waals surface area contributed by atoms with E-state index in [0.29, 0.717) is 11.4 Å². The average Bonchev–Trinajstić information content (AvgIpc) is 2.93. The van der Waals surface area contributed by atoms with E-state index in [2.05, 4.69) is 39.7 Å². The van der Waals surface area contributed by atoms with Gasteiger partial charge in [0.25, 0.3) is 0 Å². The number of benzene rings is 2. The van der Waals surface area contributed by atoms with Crippen LogP contribution in [0.1, 0.15) is 5.69 Å². The SMILES string of the molecule is Cc1nn(C)c2ncc(NC(=O)CSc3ccc4ccccc4c3)cc12. The molecule has 0 saturated heterocycles. The van der Waals surface area contributed by atoms with Gasteiger partial charge in [0.15, 0.2) is 5.65 Å². The van der Waals surface area contributed by atoms with Crippen molar-refractivity contribution in [3.63, 3.8) is 0 Å². The maximum Gasteiger partial charge on any atom is 0.234 e. The molecule has 1 N–H and O–H groups in total. The lowest BCUT2D eigenvalue weighted by molar-refractivity contribution is -0.113. The summed E-state index contributed by atoms with van der Waals surface area (Å²) in [6.45, 7) is 1.94. The van der Waals surface area contributed by atoms with Crippen molar-refractivity contribution in [1.29, 1.82) is 0 Å². The number of aromatic nitrogens is 3. The van der Waals surface area contributed by atoms with Gasteiger partial charge in [-0.1, -0.05) is 30.3 Å². The Kier molecular flexibility index (Phi) is 4.34. The molecule has 5 nitrogen and oxygen atoms in total. The van der Waals surface area contributed by atoms with Crippen molar-refractivity contribution >= 4 is 45.2 Å². The standard InChI is InChI=1S/C20H18N4OS/c1-13-18-10-16(11-21-20(18)24(2)23-13)22-19(25)12-26-17-8-7-14-5-3-4-6-15(14)9-17/h3-11H,12H2,1-2H3,(H,22,25). The maximum absolute atomic E-state index is 12.3. The quantitative estimate of drug-likeness (QED) is 0.554. The normalized spacial score (nSPS) is 11.2. The summed E-state index contributed by atoms with van der Waals surface area (Å²) in [7, 11) is 1.86. The van der Waals surface area contributed by atoms with Crippen LogP contribution in [0.4, 0.5) is 5.69 Å². The molecular formula is C20H18N4OS. The molecule has 0 fully saturated rings. The number of thioether (sulfide) groups is 1. The second-order valence-corrected chi connectivity index (χ2v) is 7.20. The van der Waals surface area contributed by atoms with Crippen LogP contribution >= 0.6 is 11.8 Å². The van der Waals surface area contributed by atoms with Gasteiger partial charge in [-0.25, -0.2) is 4.98 Å². The predicted octanol–water partition coefficient (Wildman–Crippen LogP) is 4.16. The topological polar surface area (TPSA) is 59.8 Å². The lowest BCUT2D eigenvalue weighted by atomic mass is 10.1. The number of hydrogen-bond donors (Lipinski definition) is 1. The fourth-order valence-corrected chi connectivity index (χ4v) is 3.72. The summed E-state index contributed by atoms with van der Waals surface area (Å²) in [6.07, 6.45) is 1.67. The third-order valence-electron chi connectivity index (χ3n) is 4.24. The third kappa shape index (κ3) is 3.28. The fourth-order valence-electron chi connectivity index (χ4n) is 2.98.